The van der Waals surface area contributed by atoms with Crippen molar-refractivity contribution in [3.05, 3.63) is 53.5 Å². The van der Waals surface area contributed by atoms with Gasteiger partial charge in [0.2, 0.25) is 10.0 Å². The molecule has 10 heteroatoms. The lowest BCUT2D eigenvalue weighted by molar-refractivity contribution is -0.141. The molecule has 0 fully saturated rings. The SMILES string of the molecule is O=S(=O)(NCCSc1cc(C(F)(F)F)nc2ccccc12)c1cccs1. The Bertz CT molecular complexity index is 1000. The van der Waals surface area contributed by atoms with Crippen molar-refractivity contribution in [1.82, 2.24) is 9.71 Å². The molecule has 26 heavy (non-hydrogen) atoms. The summed E-state index contributed by atoms with van der Waals surface area (Å²) in [5.41, 5.74) is -0.707. The third-order valence-corrected chi connectivity index (χ3v) is 7.30. The molecule has 3 aromatic rings. The first kappa shape index (κ1) is 19.2. The van der Waals surface area contributed by atoms with E-state index in [1.807, 2.05) is 0 Å². The second-order valence-electron chi connectivity index (χ2n) is 5.20. The Balaban J connectivity index is 1.74. The number of fused-ring (bicyclic) bond motifs is 1. The van der Waals surface area contributed by atoms with Crippen molar-refractivity contribution in [1.29, 1.82) is 0 Å². The van der Waals surface area contributed by atoms with E-state index in [4.69, 9.17) is 0 Å². The first-order valence-electron chi connectivity index (χ1n) is 7.40. The summed E-state index contributed by atoms with van der Waals surface area (Å²) in [5, 5.41) is 2.26. The molecule has 0 unspecified atom stereocenters. The van der Waals surface area contributed by atoms with E-state index in [-0.39, 0.29) is 22.0 Å². The van der Waals surface area contributed by atoms with Crippen LogP contribution in [-0.2, 0) is 16.2 Å². The number of thioether (sulfide) groups is 1. The number of sulfonamides is 1. The minimum atomic E-state index is -4.54. The summed E-state index contributed by atoms with van der Waals surface area (Å²) in [6.07, 6.45) is -4.54. The number of thiophene rings is 1. The van der Waals surface area contributed by atoms with Crippen LogP contribution >= 0.6 is 23.1 Å². The van der Waals surface area contributed by atoms with Gasteiger partial charge in [0.25, 0.3) is 0 Å². The van der Waals surface area contributed by atoms with Crippen LogP contribution < -0.4 is 4.72 Å². The van der Waals surface area contributed by atoms with Crippen molar-refractivity contribution in [2.75, 3.05) is 12.3 Å². The van der Waals surface area contributed by atoms with E-state index >= 15 is 0 Å². The molecule has 2 heterocycles. The molecule has 0 aliphatic rings. The Labute approximate surface area is 156 Å². The zero-order chi connectivity index (χ0) is 18.8. The molecule has 0 radical (unpaired) electrons. The first-order chi connectivity index (χ1) is 12.3. The van der Waals surface area contributed by atoms with Crippen LogP contribution in [0.1, 0.15) is 5.69 Å². The number of rotatable bonds is 6. The Hall–Kier alpha value is -1.62. The number of nitrogens with zero attached hydrogens (tertiary/aromatic N) is 1. The maximum absolute atomic E-state index is 13.0. The highest BCUT2D eigenvalue weighted by Gasteiger charge is 2.33. The molecule has 138 valence electrons. The highest BCUT2D eigenvalue weighted by atomic mass is 32.2. The molecule has 1 aromatic carbocycles. The molecule has 0 atom stereocenters. The normalized spacial score (nSPS) is 12.6. The molecule has 0 spiro atoms. The van der Waals surface area contributed by atoms with Crippen LogP contribution in [0.2, 0.25) is 0 Å². The van der Waals surface area contributed by atoms with Gasteiger partial charge >= 0.3 is 6.18 Å². The van der Waals surface area contributed by atoms with Crippen LogP contribution in [0.5, 0.6) is 0 Å². The van der Waals surface area contributed by atoms with Gasteiger partial charge in [0, 0.05) is 22.6 Å². The van der Waals surface area contributed by atoms with Crippen LogP contribution in [0, 0.1) is 0 Å². The fourth-order valence-corrected chi connectivity index (χ4v) is 5.38. The molecule has 4 nitrogen and oxygen atoms in total. The molecule has 0 bridgehead atoms. The Morgan fingerprint density at radius 3 is 2.62 bits per heavy atom. The number of para-hydroxylation sites is 1. The third kappa shape index (κ3) is 4.37. The molecule has 1 N–H and O–H groups in total. The summed E-state index contributed by atoms with van der Waals surface area (Å²) >= 11 is 2.25. The van der Waals surface area contributed by atoms with Gasteiger partial charge in [-0.05, 0) is 23.6 Å². The van der Waals surface area contributed by atoms with Crippen molar-refractivity contribution in [2.45, 2.75) is 15.3 Å². The van der Waals surface area contributed by atoms with Gasteiger partial charge in [-0.15, -0.1) is 23.1 Å². The van der Waals surface area contributed by atoms with Gasteiger partial charge in [0.05, 0.1) is 5.52 Å². The van der Waals surface area contributed by atoms with Gasteiger partial charge in [-0.25, -0.2) is 18.1 Å². The maximum Gasteiger partial charge on any atom is 0.433 e. The fourth-order valence-electron chi connectivity index (χ4n) is 2.23. The van der Waals surface area contributed by atoms with Crippen molar-refractivity contribution in [3.63, 3.8) is 0 Å². The van der Waals surface area contributed by atoms with Crippen LogP contribution in [-0.4, -0.2) is 25.7 Å². The monoisotopic (exact) mass is 418 g/mol. The second-order valence-corrected chi connectivity index (χ2v) is 9.28. The van der Waals surface area contributed by atoms with E-state index in [1.165, 1.54) is 12.1 Å². The number of nitrogens with one attached hydrogen (secondary N) is 1. The highest BCUT2D eigenvalue weighted by molar-refractivity contribution is 7.99. The van der Waals surface area contributed by atoms with Crippen molar-refractivity contribution in [2.24, 2.45) is 0 Å². The number of pyridine rings is 1. The van der Waals surface area contributed by atoms with Crippen LogP contribution in [0.15, 0.2) is 56.9 Å². The lowest BCUT2D eigenvalue weighted by Crippen LogP contribution is -2.25. The largest absolute Gasteiger partial charge is 0.433 e. The summed E-state index contributed by atoms with van der Waals surface area (Å²) in [5.74, 6) is 0.288. The van der Waals surface area contributed by atoms with Crippen molar-refractivity contribution >= 4 is 44.0 Å². The number of benzene rings is 1. The minimum Gasteiger partial charge on any atom is -0.243 e. The van der Waals surface area contributed by atoms with Gasteiger partial charge in [0.1, 0.15) is 9.90 Å². The van der Waals surface area contributed by atoms with Gasteiger partial charge in [-0.2, -0.15) is 13.2 Å². The molecular weight excluding hydrogens is 405 g/mol. The smallest absolute Gasteiger partial charge is 0.243 e. The van der Waals surface area contributed by atoms with Gasteiger partial charge < -0.3 is 0 Å². The first-order valence-corrected chi connectivity index (χ1v) is 10.8. The summed E-state index contributed by atoms with van der Waals surface area (Å²) in [4.78, 5) is 4.07. The molecular formula is C16H13F3N2O2S3. The number of hydrogen-bond donors (Lipinski definition) is 1. The predicted octanol–water partition coefficient (Wildman–Crippen LogP) is 4.39. The third-order valence-electron chi connectivity index (χ3n) is 3.38. The number of halogens is 3. The Kier molecular flexibility index (Phi) is 5.56. The van der Waals surface area contributed by atoms with Crippen molar-refractivity contribution < 1.29 is 21.6 Å². The Morgan fingerprint density at radius 2 is 1.92 bits per heavy atom. The van der Waals surface area contributed by atoms with E-state index in [2.05, 4.69) is 9.71 Å². The van der Waals surface area contributed by atoms with Crippen LogP contribution in [0.3, 0.4) is 0 Å². The summed E-state index contributed by atoms with van der Waals surface area (Å²) in [6.45, 7) is 0.100. The van der Waals surface area contributed by atoms with E-state index in [0.717, 1.165) is 29.2 Å². The van der Waals surface area contributed by atoms with Gasteiger partial charge in [-0.1, -0.05) is 24.3 Å². The van der Waals surface area contributed by atoms with E-state index in [1.54, 1.807) is 29.6 Å². The topological polar surface area (TPSA) is 59.1 Å². The standard InChI is InChI=1S/C16H13F3N2O2S3/c17-16(18,19)14-10-13(11-4-1-2-5-12(11)21-14)24-9-7-20-26(22,23)15-6-3-8-25-15/h1-6,8,10,20H,7,9H2. The maximum atomic E-state index is 13.0. The highest BCUT2D eigenvalue weighted by Crippen LogP contribution is 2.34. The van der Waals surface area contributed by atoms with E-state index < -0.39 is 21.9 Å². The molecule has 0 amide bonds. The fraction of sp³-hybridized carbons (Fsp3) is 0.188. The number of aromatic nitrogens is 1. The molecule has 0 saturated carbocycles. The van der Waals surface area contributed by atoms with Crippen LogP contribution in [0.25, 0.3) is 10.9 Å². The zero-order valence-corrected chi connectivity index (χ0v) is 15.6. The minimum absolute atomic E-state index is 0.100. The predicted molar refractivity (Wildman–Crippen MR) is 97.0 cm³/mol. The molecule has 0 aliphatic heterocycles. The lowest BCUT2D eigenvalue weighted by atomic mass is 10.2. The second kappa shape index (κ2) is 7.55. The number of alkyl halides is 3. The van der Waals surface area contributed by atoms with Crippen LogP contribution in [0.4, 0.5) is 13.2 Å². The lowest BCUT2D eigenvalue weighted by Gasteiger charge is -2.11. The van der Waals surface area contributed by atoms with Gasteiger partial charge in [0.15, 0.2) is 0 Å². The molecule has 2 aromatic heterocycles. The quantitative estimate of drug-likeness (QED) is 0.477. The molecule has 3 rings (SSSR count). The summed E-state index contributed by atoms with van der Waals surface area (Å²) < 4.78 is 65.8. The Morgan fingerprint density at radius 1 is 1.15 bits per heavy atom. The van der Waals surface area contributed by atoms with Crippen molar-refractivity contribution in [3.8, 4) is 0 Å². The average Bonchev–Trinajstić information content (AvgIpc) is 3.13. The zero-order valence-electron chi connectivity index (χ0n) is 13.2. The summed E-state index contributed by atoms with van der Waals surface area (Å²) in [7, 11) is -3.58. The average molecular weight is 418 g/mol. The number of hydrogen-bond acceptors (Lipinski definition) is 5. The molecule has 0 aliphatic carbocycles. The van der Waals surface area contributed by atoms with E-state index in [9.17, 15) is 21.6 Å². The van der Waals surface area contributed by atoms with E-state index in [0.29, 0.717) is 10.3 Å². The summed E-state index contributed by atoms with van der Waals surface area (Å²) in [6, 6.07) is 10.7. The molecule has 0 saturated heterocycles. The van der Waals surface area contributed by atoms with Gasteiger partial charge in [-0.3, -0.25) is 0 Å².